The molecule has 0 saturated heterocycles. The molecule has 0 aliphatic carbocycles. The molecule has 0 aromatic heterocycles. The summed E-state index contributed by atoms with van der Waals surface area (Å²) in [5.41, 5.74) is 0.0482. The number of aliphatic carboxylic acids is 1. The van der Waals surface area contributed by atoms with E-state index in [-0.39, 0.29) is 12.2 Å². The fourth-order valence-electron chi connectivity index (χ4n) is 1.57. The van der Waals surface area contributed by atoms with Crippen molar-refractivity contribution >= 4 is 5.97 Å². The summed E-state index contributed by atoms with van der Waals surface area (Å²) in [6.45, 7) is 3.53. The second kappa shape index (κ2) is 4.51. The molecule has 0 unspecified atom stereocenters. The fourth-order valence-corrected chi connectivity index (χ4v) is 1.57. The Labute approximate surface area is 93.9 Å². The van der Waals surface area contributed by atoms with Crippen molar-refractivity contribution in [2.75, 3.05) is 7.11 Å². The van der Waals surface area contributed by atoms with Crippen molar-refractivity contribution in [3.8, 4) is 5.75 Å². The van der Waals surface area contributed by atoms with E-state index < -0.39 is 17.2 Å². The highest BCUT2D eigenvalue weighted by atomic mass is 19.1. The Bertz CT molecular complexity index is 399. The predicted octanol–water partition coefficient (Wildman–Crippen LogP) is 2.59. The molecule has 0 amide bonds. The Hall–Kier alpha value is -1.58. The van der Waals surface area contributed by atoms with E-state index in [2.05, 4.69) is 0 Å². The molecule has 1 aromatic rings. The van der Waals surface area contributed by atoms with Gasteiger partial charge in [-0.1, -0.05) is 19.9 Å². The van der Waals surface area contributed by atoms with Crippen LogP contribution in [0, 0.1) is 5.82 Å². The van der Waals surface area contributed by atoms with Crippen LogP contribution < -0.4 is 4.74 Å². The average Bonchev–Trinajstić information content (AvgIpc) is 2.15. The topological polar surface area (TPSA) is 46.5 Å². The Kier molecular flexibility index (Phi) is 3.52. The third-order valence-electron chi connectivity index (χ3n) is 2.53. The quantitative estimate of drug-likeness (QED) is 0.858. The molecule has 0 radical (unpaired) electrons. The molecule has 4 heteroatoms. The van der Waals surface area contributed by atoms with Crippen LogP contribution in [0.4, 0.5) is 4.39 Å². The lowest BCUT2D eigenvalue weighted by atomic mass is 9.81. The van der Waals surface area contributed by atoms with E-state index in [1.54, 1.807) is 19.9 Å². The summed E-state index contributed by atoms with van der Waals surface area (Å²) in [6, 6.07) is 4.51. The van der Waals surface area contributed by atoms with Crippen molar-refractivity contribution in [3.05, 3.63) is 29.6 Å². The lowest BCUT2D eigenvalue weighted by Gasteiger charge is -2.23. The normalized spacial score (nSPS) is 11.2. The molecule has 0 saturated carbocycles. The summed E-state index contributed by atoms with van der Waals surface area (Å²) in [5, 5.41) is 8.76. The van der Waals surface area contributed by atoms with Crippen molar-refractivity contribution in [1.82, 2.24) is 0 Å². The third-order valence-corrected chi connectivity index (χ3v) is 2.53. The molecule has 1 N–H and O–H groups in total. The molecule has 1 rings (SSSR count). The predicted molar refractivity (Wildman–Crippen MR) is 58.2 cm³/mol. The van der Waals surface area contributed by atoms with Gasteiger partial charge in [0.1, 0.15) is 0 Å². The molecule has 0 spiro atoms. The van der Waals surface area contributed by atoms with Crippen molar-refractivity contribution in [2.45, 2.75) is 25.7 Å². The number of ether oxygens (including phenoxy) is 1. The highest BCUT2D eigenvalue weighted by molar-refractivity contribution is 5.68. The molecule has 1 aromatic carbocycles. The molecule has 0 aliphatic heterocycles. The minimum atomic E-state index is -0.902. The number of carboxylic acid groups (broad SMARTS) is 1. The number of benzene rings is 1. The summed E-state index contributed by atoms with van der Waals surface area (Å²) >= 11 is 0. The van der Waals surface area contributed by atoms with Crippen LogP contribution in [0.1, 0.15) is 25.8 Å². The van der Waals surface area contributed by atoms with Gasteiger partial charge >= 0.3 is 5.97 Å². The van der Waals surface area contributed by atoms with Gasteiger partial charge in [0, 0.05) is 5.41 Å². The fraction of sp³-hybridized carbons (Fsp3) is 0.417. The number of carbonyl (C=O) groups is 1. The van der Waals surface area contributed by atoms with Crippen LogP contribution in [-0.4, -0.2) is 18.2 Å². The van der Waals surface area contributed by atoms with Crippen molar-refractivity contribution in [3.63, 3.8) is 0 Å². The van der Waals surface area contributed by atoms with E-state index in [1.165, 1.54) is 19.2 Å². The molecule has 0 fully saturated rings. The van der Waals surface area contributed by atoms with Crippen LogP contribution >= 0.6 is 0 Å². The van der Waals surface area contributed by atoms with Gasteiger partial charge in [0.05, 0.1) is 13.5 Å². The Morgan fingerprint density at radius 3 is 2.56 bits per heavy atom. The molecular formula is C12H15FO3. The Balaban J connectivity index is 3.04. The molecule has 88 valence electrons. The molecule has 0 aliphatic rings. The maximum Gasteiger partial charge on any atom is 0.304 e. The molecule has 0 bridgehead atoms. The summed E-state index contributed by atoms with van der Waals surface area (Å²) in [7, 11) is 1.39. The summed E-state index contributed by atoms with van der Waals surface area (Å²) in [6.07, 6.45) is -0.0429. The molecule has 3 nitrogen and oxygen atoms in total. The number of methoxy groups -OCH3 is 1. The first kappa shape index (κ1) is 12.5. The lowest BCUT2D eigenvalue weighted by molar-refractivity contribution is -0.138. The van der Waals surface area contributed by atoms with E-state index in [0.29, 0.717) is 5.56 Å². The van der Waals surface area contributed by atoms with Gasteiger partial charge in [-0.3, -0.25) is 4.79 Å². The maximum absolute atomic E-state index is 13.4. The standard InChI is InChI=1S/C12H15FO3/c1-12(2,7-11(14)15)8-4-5-10(16-3)9(13)6-8/h4-6H,7H2,1-3H3,(H,14,15). The van der Waals surface area contributed by atoms with Gasteiger partial charge < -0.3 is 9.84 Å². The lowest BCUT2D eigenvalue weighted by Crippen LogP contribution is -2.21. The van der Waals surface area contributed by atoms with Gasteiger partial charge in [0.15, 0.2) is 11.6 Å². The summed E-state index contributed by atoms with van der Waals surface area (Å²) < 4.78 is 18.2. The monoisotopic (exact) mass is 226 g/mol. The smallest absolute Gasteiger partial charge is 0.304 e. The number of carboxylic acids is 1. The number of halogens is 1. The highest BCUT2D eigenvalue weighted by Crippen LogP contribution is 2.30. The number of rotatable bonds is 4. The zero-order valence-corrected chi connectivity index (χ0v) is 9.58. The van der Waals surface area contributed by atoms with E-state index in [4.69, 9.17) is 9.84 Å². The molecular weight excluding hydrogens is 211 g/mol. The van der Waals surface area contributed by atoms with E-state index in [0.717, 1.165) is 0 Å². The largest absolute Gasteiger partial charge is 0.494 e. The first-order valence-electron chi connectivity index (χ1n) is 4.92. The Morgan fingerprint density at radius 1 is 1.50 bits per heavy atom. The first-order chi connectivity index (χ1) is 7.36. The van der Waals surface area contributed by atoms with Gasteiger partial charge in [0.2, 0.25) is 0 Å². The summed E-state index contributed by atoms with van der Waals surface area (Å²) in [5.74, 6) is -1.21. The second-order valence-corrected chi connectivity index (χ2v) is 4.30. The molecule has 0 atom stereocenters. The van der Waals surface area contributed by atoms with Gasteiger partial charge in [-0.2, -0.15) is 0 Å². The minimum Gasteiger partial charge on any atom is -0.494 e. The van der Waals surface area contributed by atoms with Crippen LogP contribution in [0.15, 0.2) is 18.2 Å². The van der Waals surface area contributed by atoms with E-state index in [1.807, 2.05) is 0 Å². The van der Waals surface area contributed by atoms with Gasteiger partial charge in [-0.25, -0.2) is 4.39 Å². The average molecular weight is 226 g/mol. The Morgan fingerprint density at radius 2 is 2.12 bits per heavy atom. The zero-order valence-electron chi connectivity index (χ0n) is 9.58. The van der Waals surface area contributed by atoms with Crippen molar-refractivity contribution in [2.24, 2.45) is 0 Å². The van der Waals surface area contributed by atoms with Crippen LogP contribution in [0.5, 0.6) is 5.75 Å². The third kappa shape index (κ3) is 2.72. The SMILES string of the molecule is COc1ccc(C(C)(C)CC(=O)O)cc1F. The van der Waals surface area contributed by atoms with E-state index >= 15 is 0 Å². The van der Waals surface area contributed by atoms with Crippen LogP contribution in [0.3, 0.4) is 0 Å². The van der Waals surface area contributed by atoms with Gasteiger partial charge in [-0.15, -0.1) is 0 Å². The summed E-state index contributed by atoms with van der Waals surface area (Å²) in [4.78, 5) is 10.7. The van der Waals surface area contributed by atoms with Gasteiger partial charge in [-0.05, 0) is 17.7 Å². The number of hydrogen-bond acceptors (Lipinski definition) is 2. The van der Waals surface area contributed by atoms with Crippen LogP contribution in [-0.2, 0) is 10.2 Å². The number of hydrogen-bond donors (Lipinski definition) is 1. The maximum atomic E-state index is 13.4. The minimum absolute atomic E-state index is 0.0429. The highest BCUT2D eigenvalue weighted by Gasteiger charge is 2.25. The first-order valence-corrected chi connectivity index (χ1v) is 4.92. The molecule has 0 heterocycles. The van der Waals surface area contributed by atoms with Crippen LogP contribution in [0.25, 0.3) is 0 Å². The second-order valence-electron chi connectivity index (χ2n) is 4.30. The molecule has 16 heavy (non-hydrogen) atoms. The van der Waals surface area contributed by atoms with Gasteiger partial charge in [0.25, 0.3) is 0 Å². The zero-order chi connectivity index (χ0) is 12.3. The van der Waals surface area contributed by atoms with E-state index in [9.17, 15) is 9.18 Å². The van der Waals surface area contributed by atoms with Crippen molar-refractivity contribution < 1.29 is 19.0 Å². The van der Waals surface area contributed by atoms with Crippen LogP contribution in [0.2, 0.25) is 0 Å². The van der Waals surface area contributed by atoms with Crippen molar-refractivity contribution in [1.29, 1.82) is 0 Å².